The second-order valence-corrected chi connectivity index (χ2v) is 4.02. The van der Waals surface area contributed by atoms with Gasteiger partial charge < -0.3 is 15.1 Å². The zero-order valence-corrected chi connectivity index (χ0v) is 9.00. The summed E-state index contributed by atoms with van der Waals surface area (Å²) in [5, 5.41) is 10.6. The largest absolute Gasteiger partial charge is 0.465 e. The Morgan fingerprint density at radius 2 is 2.00 bits per heavy atom. The number of carbonyl (C=O) groups is 1. The Morgan fingerprint density at radius 1 is 1.40 bits per heavy atom. The molecule has 0 fully saturated rings. The normalized spacial score (nSPS) is 11.8. The summed E-state index contributed by atoms with van der Waals surface area (Å²) in [5.41, 5.74) is 1.60. The SMILES string of the molecule is CS(=O)Nc1ccc(CNC(=O)O)cc1. The van der Waals surface area contributed by atoms with Crippen molar-refractivity contribution >= 4 is 22.8 Å². The van der Waals surface area contributed by atoms with E-state index in [4.69, 9.17) is 5.11 Å². The van der Waals surface area contributed by atoms with Crippen molar-refractivity contribution in [3.63, 3.8) is 0 Å². The maximum Gasteiger partial charge on any atom is 0.404 e. The lowest BCUT2D eigenvalue weighted by atomic mass is 10.2. The third-order valence-corrected chi connectivity index (χ3v) is 2.18. The summed E-state index contributed by atoms with van der Waals surface area (Å²) in [4.78, 5) is 10.2. The van der Waals surface area contributed by atoms with Crippen LogP contribution in [0.2, 0.25) is 0 Å². The highest BCUT2D eigenvalue weighted by molar-refractivity contribution is 7.85. The number of nitrogens with one attached hydrogen (secondary N) is 2. The molecule has 1 amide bonds. The molecule has 5 nitrogen and oxygen atoms in total. The zero-order valence-electron chi connectivity index (χ0n) is 8.19. The molecular weight excluding hydrogens is 216 g/mol. The topological polar surface area (TPSA) is 78.4 Å². The van der Waals surface area contributed by atoms with Crippen molar-refractivity contribution in [1.29, 1.82) is 0 Å². The van der Waals surface area contributed by atoms with Gasteiger partial charge in [-0.1, -0.05) is 12.1 Å². The highest BCUT2D eigenvalue weighted by Gasteiger charge is 1.97. The van der Waals surface area contributed by atoms with Crippen molar-refractivity contribution in [2.24, 2.45) is 0 Å². The molecule has 0 saturated carbocycles. The first-order valence-electron chi connectivity index (χ1n) is 4.24. The quantitative estimate of drug-likeness (QED) is 0.723. The molecule has 0 aliphatic carbocycles. The Balaban J connectivity index is 2.56. The van der Waals surface area contributed by atoms with E-state index in [-0.39, 0.29) is 6.54 Å². The molecule has 0 spiro atoms. The fraction of sp³-hybridized carbons (Fsp3) is 0.222. The van der Waals surface area contributed by atoms with Crippen LogP contribution in [0.4, 0.5) is 10.5 Å². The van der Waals surface area contributed by atoms with Crippen LogP contribution in [0, 0.1) is 0 Å². The predicted molar refractivity (Wildman–Crippen MR) is 59.0 cm³/mol. The Labute approximate surface area is 90.1 Å². The van der Waals surface area contributed by atoms with E-state index in [0.717, 1.165) is 11.3 Å². The van der Waals surface area contributed by atoms with E-state index < -0.39 is 17.1 Å². The average molecular weight is 228 g/mol. The van der Waals surface area contributed by atoms with Crippen molar-refractivity contribution in [2.45, 2.75) is 6.54 Å². The van der Waals surface area contributed by atoms with Crippen LogP contribution < -0.4 is 10.0 Å². The molecule has 1 rings (SSSR count). The summed E-state index contributed by atoms with van der Waals surface area (Å²) in [6.07, 6.45) is 0.492. The summed E-state index contributed by atoms with van der Waals surface area (Å²) in [6, 6.07) is 7.04. The van der Waals surface area contributed by atoms with Gasteiger partial charge in [0.25, 0.3) is 0 Å². The van der Waals surface area contributed by atoms with Crippen LogP contribution >= 0.6 is 0 Å². The molecule has 82 valence electrons. The molecule has 1 unspecified atom stereocenters. The van der Waals surface area contributed by atoms with Gasteiger partial charge in [-0.2, -0.15) is 0 Å². The van der Waals surface area contributed by atoms with Crippen LogP contribution in [-0.2, 0) is 17.5 Å². The maximum atomic E-state index is 10.8. The monoisotopic (exact) mass is 228 g/mol. The highest BCUT2D eigenvalue weighted by Crippen LogP contribution is 2.09. The van der Waals surface area contributed by atoms with Crippen LogP contribution in [0.5, 0.6) is 0 Å². The van der Waals surface area contributed by atoms with Crippen molar-refractivity contribution in [2.75, 3.05) is 11.0 Å². The average Bonchev–Trinajstić information content (AvgIpc) is 2.16. The van der Waals surface area contributed by atoms with E-state index in [1.165, 1.54) is 0 Å². The number of hydrogen-bond donors (Lipinski definition) is 3. The van der Waals surface area contributed by atoms with Crippen molar-refractivity contribution in [3.8, 4) is 0 Å². The first-order chi connectivity index (χ1) is 7.08. The van der Waals surface area contributed by atoms with Crippen LogP contribution in [0.25, 0.3) is 0 Å². The van der Waals surface area contributed by atoms with Crippen molar-refractivity contribution in [3.05, 3.63) is 29.8 Å². The molecule has 15 heavy (non-hydrogen) atoms. The Morgan fingerprint density at radius 3 is 2.47 bits per heavy atom. The molecule has 1 atom stereocenters. The fourth-order valence-electron chi connectivity index (χ4n) is 1.03. The van der Waals surface area contributed by atoms with Crippen LogP contribution in [-0.4, -0.2) is 21.7 Å². The fourth-order valence-corrected chi connectivity index (χ4v) is 1.50. The molecule has 1 aromatic rings. The molecule has 0 aliphatic rings. The molecule has 1 aromatic carbocycles. The predicted octanol–water partition coefficient (Wildman–Crippen LogP) is 1.16. The molecule has 6 heteroatoms. The molecule has 0 bridgehead atoms. The minimum Gasteiger partial charge on any atom is -0.465 e. The summed E-state index contributed by atoms with van der Waals surface area (Å²) in [7, 11) is -1.09. The van der Waals surface area contributed by atoms with Gasteiger partial charge in [0.15, 0.2) is 0 Å². The summed E-state index contributed by atoms with van der Waals surface area (Å²) in [6.45, 7) is 0.269. The van der Waals surface area contributed by atoms with Crippen LogP contribution in [0.3, 0.4) is 0 Å². The number of amides is 1. The number of rotatable bonds is 4. The first kappa shape index (κ1) is 11.5. The minimum absolute atomic E-state index is 0.269. The molecule has 0 aromatic heterocycles. The second kappa shape index (κ2) is 5.35. The second-order valence-electron chi connectivity index (χ2n) is 2.91. The van der Waals surface area contributed by atoms with Crippen LogP contribution in [0.15, 0.2) is 24.3 Å². The number of benzene rings is 1. The molecule has 0 heterocycles. The Bertz CT molecular complexity index is 364. The van der Waals surface area contributed by atoms with E-state index in [1.807, 2.05) is 0 Å². The van der Waals surface area contributed by atoms with E-state index >= 15 is 0 Å². The third kappa shape index (κ3) is 4.46. The van der Waals surface area contributed by atoms with Gasteiger partial charge in [-0.05, 0) is 17.7 Å². The maximum absolute atomic E-state index is 10.8. The smallest absolute Gasteiger partial charge is 0.404 e. The Kier molecular flexibility index (Phi) is 4.11. The number of hydrogen-bond acceptors (Lipinski definition) is 2. The van der Waals surface area contributed by atoms with Gasteiger partial charge in [0.1, 0.15) is 11.0 Å². The third-order valence-electron chi connectivity index (χ3n) is 1.66. The lowest BCUT2D eigenvalue weighted by molar-refractivity contribution is 0.194. The molecule has 0 aliphatic heterocycles. The van der Waals surface area contributed by atoms with Gasteiger partial charge in [-0.3, -0.25) is 0 Å². The van der Waals surface area contributed by atoms with Gasteiger partial charge >= 0.3 is 6.09 Å². The summed E-state index contributed by atoms with van der Waals surface area (Å²) < 4.78 is 13.6. The first-order valence-corrected chi connectivity index (χ1v) is 5.79. The highest BCUT2D eigenvalue weighted by atomic mass is 32.2. The lowest BCUT2D eigenvalue weighted by Gasteiger charge is -2.04. The molecular formula is C9H12N2O3S. The van der Waals surface area contributed by atoms with Gasteiger partial charge in [-0.15, -0.1) is 0 Å². The van der Waals surface area contributed by atoms with Gasteiger partial charge in [-0.25, -0.2) is 9.00 Å². The molecule has 3 N–H and O–H groups in total. The van der Waals surface area contributed by atoms with E-state index in [2.05, 4.69) is 10.0 Å². The molecule has 0 radical (unpaired) electrons. The summed E-state index contributed by atoms with van der Waals surface area (Å²) in [5.74, 6) is 0. The minimum atomic E-state index is -1.09. The lowest BCUT2D eigenvalue weighted by Crippen LogP contribution is -2.19. The zero-order chi connectivity index (χ0) is 11.3. The van der Waals surface area contributed by atoms with Crippen LogP contribution in [0.1, 0.15) is 5.56 Å². The van der Waals surface area contributed by atoms with Gasteiger partial charge in [0, 0.05) is 18.5 Å². The van der Waals surface area contributed by atoms with Gasteiger partial charge in [0.2, 0.25) is 0 Å². The van der Waals surface area contributed by atoms with E-state index in [1.54, 1.807) is 30.5 Å². The van der Waals surface area contributed by atoms with E-state index in [9.17, 15) is 9.00 Å². The van der Waals surface area contributed by atoms with Crippen molar-refractivity contribution < 1.29 is 14.1 Å². The standard InChI is InChI=1S/C9H12N2O3S/c1-15(14)11-8-4-2-7(3-5-8)6-10-9(12)13/h2-5,10-11H,6H2,1H3,(H,12,13). The number of carboxylic acid groups (broad SMARTS) is 1. The summed E-state index contributed by atoms with van der Waals surface area (Å²) >= 11 is 0. The van der Waals surface area contributed by atoms with Gasteiger partial charge in [0.05, 0.1) is 0 Å². The van der Waals surface area contributed by atoms with E-state index in [0.29, 0.717) is 0 Å². The Hall–Kier alpha value is -1.56. The molecule has 0 saturated heterocycles. The number of anilines is 1. The van der Waals surface area contributed by atoms with Crippen molar-refractivity contribution in [1.82, 2.24) is 5.32 Å².